The van der Waals surface area contributed by atoms with Crippen LogP contribution in [0.15, 0.2) is 82.0 Å². The molecule has 1 amide bonds. The summed E-state index contributed by atoms with van der Waals surface area (Å²) in [5.41, 5.74) is -1.24. The Morgan fingerprint density at radius 3 is 2.38 bits per heavy atom. The lowest BCUT2D eigenvalue weighted by atomic mass is 9.93. The van der Waals surface area contributed by atoms with E-state index in [-0.39, 0.29) is 23.5 Å². The van der Waals surface area contributed by atoms with Crippen LogP contribution < -0.4 is 10.1 Å². The van der Waals surface area contributed by atoms with Gasteiger partial charge in [-0.1, -0.05) is 42.1 Å². The van der Waals surface area contributed by atoms with Crippen LogP contribution in [0.4, 0.5) is 13.2 Å². The van der Waals surface area contributed by atoms with E-state index < -0.39 is 35.6 Å². The number of ether oxygens (including phenoxy) is 2. The molecule has 1 atom stereocenters. The van der Waals surface area contributed by atoms with Crippen molar-refractivity contribution in [2.45, 2.75) is 58.5 Å². The maximum Gasteiger partial charge on any atom is 0.434 e. The van der Waals surface area contributed by atoms with Crippen molar-refractivity contribution in [2.75, 3.05) is 0 Å². The second kappa shape index (κ2) is 11.6. The third-order valence-electron chi connectivity index (χ3n) is 5.59. The number of halogens is 3. The summed E-state index contributed by atoms with van der Waals surface area (Å²) in [5, 5.41) is 4.38. The van der Waals surface area contributed by atoms with Gasteiger partial charge in [0.2, 0.25) is 5.91 Å². The van der Waals surface area contributed by atoms with Gasteiger partial charge in [-0.15, -0.1) is 0 Å². The number of thioether (sulfide) groups is 1. The Morgan fingerprint density at radius 2 is 1.74 bits per heavy atom. The fourth-order valence-electron chi connectivity index (χ4n) is 4.18. The fourth-order valence-corrected chi connectivity index (χ4v) is 5.10. The average molecular weight is 560 g/mol. The van der Waals surface area contributed by atoms with Crippen molar-refractivity contribution in [1.82, 2.24) is 10.2 Å². The smallest absolute Gasteiger partial charge is 0.434 e. The summed E-state index contributed by atoms with van der Waals surface area (Å²) in [6.07, 6.45) is -5.72. The van der Waals surface area contributed by atoms with Crippen LogP contribution in [0, 0.1) is 0 Å². The summed E-state index contributed by atoms with van der Waals surface area (Å²) in [6.45, 7) is 6.73. The molecule has 0 radical (unpaired) electrons. The molecule has 206 valence electrons. The minimum atomic E-state index is -4.93. The van der Waals surface area contributed by atoms with Crippen LogP contribution in [0.2, 0.25) is 0 Å². The first-order valence-corrected chi connectivity index (χ1v) is 13.2. The van der Waals surface area contributed by atoms with E-state index in [1.165, 1.54) is 4.90 Å². The van der Waals surface area contributed by atoms with Crippen molar-refractivity contribution in [1.29, 1.82) is 0 Å². The minimum Gasteiger partial charge on any atom is -0.459 e. The number of alkyl halides is 3. The Morgan fingerprint density at radius 1 is 1.05 bits per heavy atom. The molecular weight excluding hydrogens is 531 g/mol. The number of benzene rings is 2. The Hall–Kier alpha value is -3.73. The third-order valence-corrected chi connectivity index (χ3v) is 6.47. The number of nitrogens with one attached hydrogen (secondary N) is 1. The number of amidine groups is 1. The number of carbonyl (C=O) groups is 2. The molecule has 2 heterocycles. The van der Waals surface area contributed by atoms with Gasteiger partial charge in [0, 0.05) is 11.7 Å². The third kappa shape index (κ3) is 6.65. The molecule has 4 rings (SSSR count). The van der Waals surface area contributed by atoms with Gasteiger partial charge < -0.3 is 19.7 Å². The molecule has 0 fully saturated rings. The average Bonchev–Trinajstić information content (AvgIpc) is 3.24. The number of hydrogen-bond acceptors (Lipinski definition) is 7. The molecule has 1 N–H and O–H groups in total. The summed E-state index contributed by atoms with van der Waals surface area (Å²) in [7, 11) is 0. The monoisotopic (exact) mass is 559 g/mol. The molecule has 11 heteroatoms. The highest BCUT2D eigenvalue weighted by Gasteiger charge is 2.49. The number of amides is 1. The maximum absolute atomic E-state index is 14.3. The van der Waals surface area contributed by atoms with Crippen molar-refractivity contribution < 1.29 is 32.2 Å². The molecule has 0 aromatic heterocycles. The van der Waals surface area contributed by atoms with Gasteiger partial charge in [-0.25, -0.2) is 9.79 Å². The first-order valence-electron chi connectivity index (χ1n) is 12.3. The SMILES string of the molecule is CC(C)NC(=O)CC1=CSC2=NC(C(F)(F)F)=C(C(=O)OC(C)C)C(c3cccc(Oc4ccccc4)c3)N12. The normalized spacial score (nSPS) is 17.2. The van der Waals surface area contributed by atoms with Gasteiger partial charge in [-0.2, -0.15) is 13.2 Å². The molecule has 0 spiro atoms. The van der Waals surface area contributed by atoms with E-state index in [9.17, 15) is 22.8 Å². The standard InChI is InChI=1S/C28H28F3N3O4S/c1-16(2)32-22(35)14-19-15-39-27-33-25(28(29,30)31)23(26(36)37-17(3)4)24(34(19)27)18-9-8-12-21(13-18)38-20-10-6-5-7-11-20/h5-13,15-17,24H,14H2,1-4H3,(H,32,35). The number of nitrogens with zero attached hydrogens (tertiary/aromatic N) is 2. The molecule has 0 aliphatic carbocycles. The largest absolute Gasteiger partial charge is 0.459 e. The molecule has 39 heavy (non-hydrogen) atoms. The minimum absolute atomic E-state index is 0.00940. The molecule has 0 saturated heterocycles. The second-order valence-corrected chi connectivity index (χ2v) is 10.3. The number of aliphatic imine (C=N–C) groups is 1. The Labute approximate surface area is 228 Å². The van der Waals surface area contributed by atoms with Crippen molar-refractivity contribution in [3.8, 4) is 11.5 Å². The predicted molar refractivity (Wildman–Crippen MR) is 143 cm³/mol. The number of para-hydroxylation sites is 1. The highest BCUT2D eigenvalue weighted by atomic mass is 32.2. The van der Waals surface area contributed by atoms with Gasteiger partial charge in [-0.3, -0.25) is 4.79 Å². The number of carbonyl (C=O) groups excluding carboxylic acids is 2. The Bertz CT molecular complexity index is 1340. The Kier molecular flexibility index (Phi) is 8.39. The molecule has 2 aliphatic rings. The summed E-state index contributed by atoms with van der Waals surface area (Å²) in [4.78, 5) is 31.3. The van der Waals surface area contributed by atoms with Crippen LogP contribution in [-0.4, -0.2) is 40.3 Å². The van der Waals surface area contributed by atoms with Crippen LogP contribution in [0.1, 0.15) is 45.7 Å². The van der Waals surface area contributed by atoms with Gasteiger partial charge in [0.1, 0.15) is 11.5 Å². The van der Waals surface area contributed by atoms with Crippen molar-refractivity contribution in [3.05, 3.63) is 82.5 Å². The number of allylic oxidation sites excluding steroid dienone is 1. The molecule has 7 nitrogen and oxygen atoms in total. The molecule has 0 bridgehead atoms. The summed E-state index contributed by atoms with van der Waals surface area (Å²) < 4.78 is 54.2. The maximum atomic E-state index is 14.3. The molecular formula is C28H28F3N3O4S. The van der Waals surface area contributed by atoms with Gasteiger partial charge in [-0.05, 0) is 62.9 Å². The van der Waals surface area contributed by atoms with E-state index in [1.54, 1.807) is 67.8 Å². The van der Waals surface area contributed by atoms with E-state index in [0.29, 0.717) is 22.8 Å². The van der Waals surface area contributed by atoms with Crippen molar-refractivity contribution in [2.24, 2.45) is 4.99 Å². The lowest BCUT2D eigenvalue weighted by molar-refractivity contribution is -0.145. The topological polar surface area (TPSA) is 80.2 Å². The number of hydrogen-bond donors (Lipinski definition) is 1. The zero-order chi connectivity index (χ0) is 28.3. The van der Waals surface area contributed by atoms with E-state index in [2.05, 4.69) is 10.3 Å². The molecule has 2 aromatic carbocycles. The number of esters is 1. The summed E-state index contributed by atoms with van der Waals surface area (Å²) >= 11 is 0.964. The number of fused-ring (bicyclic) bond motifs is 1. The molecule has 2 aromatic rings. The van der Waals surface area contributed by atoms with Crippen LogP contribution in [0.5, 0.6) is 11.5 Å². The number of rotatable bonds is 8. The zero-order valence-electron chi connectivity index (χ0n) is 21.8. The van der Waals surface area contributed by atoms with Gasteiger partial charge in [0.05, 0.1) is 24.1 Å². The van der Waals surface area contributed by atoms with Gasteiger partial charge >= 0.3 is 12.1 Å². The lowest BCUT2D eigenvalue weighted by Gasteiger charge is -2.37. The van der Waals surface area contributed by atoms with E-state index in [4.69, 9.17) is 9.47 Å². The van der Waals surface area contributed by atoms with Crippen LogP contribution in [-0.2, 0) is 14.3 Å². The van der Waals surface area contributed by atoms with E-state index >= 15 is 0 Å². The Balaban J connectivity index is 1.84. The fraction of sp³-hybridized carbons (Fsp3) is 0.321. The molecule has 1 unspecified atom stereocenters. The van der Waals surface area contributed by atoms with Crippen LogP contribution in [0.3, 0.4) is 0 Å². The van der Waals surface area contributed by atoms with Gasteiger partial charge in [0.25, 0.3) is 0 Å². The first-order chi connectivity index (χ1) is 18.4. The molecule has 2 aliphatic heterocycles. The van der Waals surface area contributed by atoms with Crippen molar-refractivity contribution in [3.63, 3.8) is 0 Å². The van der Waals surface area contributed by atoms with Crippen LogP contribution in [0.25, 0.3) is 0 Å². The highest BCUT2D eigenvalue weighted by molar-refractivity contribution is 8.16. The molecule has 0 saturated carbocycles. The quantitative estimate of drug-likeness (QED) is 0.374. The van der Waals surface area contributed by atoms with Crippen molar-refractivity contribution >= 4 is 28.8 Å². The van der Waals surface area contributed by atoms with E-state index in [1.807, 2.05) is 19.9 Å². The lowest BCUT2D eigenvalue weighted by Crippen LogP contribution is -2.40. The summed E-state index contributed by atoms with van der Waals surface area (Å²) in [5.74, 6) is -0.547. The zero-order valence-corrected chi connectivity index (χ0v) is 22.6. The predicted octanol–water partition coefficient (Wildman–Crippen LogP) is 6.46. The first kappa shape index (κ1) is 28.3. The summed E-state index contributed by atoms with van der Waals surface area (Å²) in [6, 6.07) is 14.0. The second-order valence-electron chi connectivity index (χ2n) is 9.49. The van der Waals surface area contributed by atoms with Gasteiger partial charge in [0.15, 0.2) is 10.9 Å². The van der Waals surface area contributed by atoms with E-state index in [0.717, 1.165) is 11.8 Å². The van der Waals surface area contributed by atoms with Crippen LogP contribution >= 0.6 is 11.8 Å². The highest BCUT2D eigenvalue weighted by Crippen LogP contribution is 2.48.